The lowest BCUT2D eigenvalue weighted by Gasteiger charge is -2.17. The first-order chi connectivity index (χ1) is 7.13. The van der Waals surface area contributed by atoms with E-state index >= 15 is 0 Å². The van der Waals surface area contributed by atoms with Crippen molar-refractivity contribution in [2.24, 2.45) is 0 Å². The van der Waals surface area contributed by atoms with Gasteiger partial charge in [0.2, 0.25) is 0 Å². The van der Waals surface area contributed by atoms with Gasteiger partial charge < -0.3 is 10.4 Å². The Kier molecular flexibility index (Phi) is 5.22. The van der Waals surface area contributed by atoms with E-state index in [1.54, 1.807) is 11.3 Å². The second-order valence-electron chi connectivity index (χ2n) is 3.98. The van der Waals surface area contributed by atoms with Gasteiger partial charge in [0.05, 0.1) is 6.04 Å². The average molecular weight is 228 g/mol. The van der Waals surface area contributed by atoms with Crippen LogP contribution in [0.15, 0.2) is 5.38 Å². The number of nitrogens with zero attached hydrogens (tertiary/aromatic N) is 1. The highest BCUT2D eigenvalue weighted by molar-refractivity contribution is 7.09. The molecule has 0 aliphatic heterocycles. The van der Waals surface area contributed by atoms with Crippen LogP contribution in [0.5, 0.6) is 0 Å². The molecule has 86 valence electrons. The van der Waals surface area contributed by atoms with Gasteiger partial charge in [-0.2, -0.15) is 0 Å². The SMILES string of the molecule is Cc1csc(C(C)NC(C)CCCO)n1. The predicted molar refractivity (Wildman–Crippen MR) is 64.2 cm³/mol. The maximum atomic E-state index is 8.73. The first-order valence-electron chi connectivity index (χ1n) is 5.42. The lowest BCUT2D eigenvalue weighted by atomic mass is 10.1. The van der Waals surface area contributed by atoms with Crippen molar-refractivity contribution >= 4 is 11.3 Å². The van der Waals surface area contributed by atoms with Gasteiger partial charge >= 0.3 is 0 Å². The van der Waals surface area contributed by atoms with Crippen LogP contribution in [0.2, 0.25) is 0 Å². The third-order valence-electron chi connectivity index (χ3n) is 2.34. The van der Waals surface area contributed by atoms with Crippen LogP contribution in [-0.2, 0) is 0 Å². The number of nitrogens with one attached hydrogen (secondary N) is 1. The Hall–Kier alpha value is -0.450. The van der Waals surface area contributed by atoms with Gasteiger partial charge in [-0.15, -0.1) is 11.3 Å². The molecule has 0 saturated carbocycles. The van der Waals surface area contributed by atoms with E-state index in [4.69, 9.17) is 5.11 Å². The number of hydrogen-bond acceptors (Lipinski definition) is 4. The molecule has 0 radical (unpaired) electrons. The minimum atomic E-state index is 0.275. The molecule has 0 amide bonds. The lowest BCUT2D eigenvalue weighted by Crippen LogP contribution is -2.29. The highest BCUT2D eigenvalue weighted by Crippen LogP contribution is 2.18. The smallest absolute Gasteiger partial charge is 0.110 e. The van der Waals surface area contributed by atoms with E-state index in [1.807, 2.05) is 6.92 Å². The van der Waals surface area contributed by atoms with Crippen LogP contribution < -0.4 is 5.32 Å². The maximum Gasteiger partial charge on any atom is 0.110 e. The third kappa shape index (κ3) is 4.28. The van der Waals surface area contributed by atoms with Crippen molar-refractivity contribution in [3.63, 3.8) is 0 Å². The first-order valence-corrected chi connectivity index (χ1v) is 6.30. The lowest BCUT2D eigenvalue weighted by molar-refractivity contribution is 0.274. The Morgan fingerprint density at radius 1 is 1.53 bits per heavy atom. The zero-order valence-corrected chi connectivity index (χ0v) is 10.5. The molecule has 0 fully saturated rings. The fraction of sp³-hybridized carbons (Fsp3) is 0.727. The Bertz CT molecular complexity index is 288. The molecule has 1 aromatic rings. The second kappa shape index (κ2) is 6.20. The van der Waals surface area contributed by atoms with Crippen LogP contribution in [0.4, 0.5) is 0 Å². The molecule has 0 aliphatic carbocycles. The molecule has 4 heteroatoms. The third-order valence-corrected chi connectivity index (χ3v) is 3.48. The van der Waals surface area contributed by atoms with Crippen molar-refractivity contribution in [1.29, 1.82) is 0 Å². The summed E-state index contributed by atoms with van der Waals surface area (Å²) >= 11 is 1.70. The molecule has 0 saturated heterocycles. The van der Waals surface area contributed by atoms with Crippen LogP contribution in [-0.4, -0.2) is 22.7 Å². The van der Waals surface area contributed by atoms with E-state index in [1.165, 1.54) is 0 Å². The second-order valence-corrected chi connectivity index (χ2v) is 4.87. The topological polar surface area (TPSA) is 45.1 Å². The van der Waals surface area contributed by atoms with E-state index in [0.717, 1.165) is 23.5 Å². The molecule has 15 heavy (non-hydrogen) atoms. The monoisotopic (exact) mass is 228 g/mol. The highest BCUT2D eigenvalue weighted by Gasteiger charge is 2.11. The molecule has 0 bridgehead atoms. The summed E-state index contributed by atoms with van der Waals surface area (Å²) in [5.41, 5.74) is 1.09. The largest absolute Gasteiger partial charge is 0.396 e. The fourth-order valence-electron chi connectivity index (χ4n) is 1.55. The van der Waals surface area contributed by atoms with Crippen molar-refractivity contribution < 1.29 is 5.11 Å². The zero-order chi connectivity index (χ0) is 11.3. The van der Waals surface area contributed by atoms with Crippen LogP contribution in [0.1, 0.15) is 43.4 Å². The van der Waals surface area contributed by atoms with E-state index < -0.39 is 0 Å². The number of aryl methyl sites for hydroxylation is 1. The van der Waals surface area contributed by atoms with Gasteiger partial charge in [0.15, 0.2) is 0 Å². The molecule has 2 N–H and O–H groups in total. The molecular weight excluding hydrogens is 208 g/mol. The number of aromatic nitrogens is 1. The number of hydrogen-bond donors (Lipinski definition) is 2. The molecule has 1 heterocycles. The van der Waals surface area contributed by atoms with Gasteiger partial charge in [-0.3, -0.25) is 0 Å². The number of rotatable bonds is 6. The van der Waals surface area contributed by atoms with Gasteiger partial charge in [-0.05, 0) is 33.6 Å². The molecule has 0 aliphatic rings. The normalized spacial score (nSPS) is 15.2. The number of thiazole rings is 1. The summed E-state index contributed by atoms with van der Waals surface area (Å²) in [5, 5.41) is 15.4. The number of aliphatic hydroxyl groups excluding tert-OH is 1. The van der Waals surface area contributed by atoms with E-state index in [2.05, 4.69) is 29.5 Å². The Balaban J connectivity index is 2.38. The van der Waals surface area contributed by atoms with E-state index in [-0.39, 0.29) is 6.61 Å². The zero-order valence-electron chi connectivity index (χ0n) is 9.66. The van der Waals surface area contributed by atoms with Crippen LogP contribution in [0.25, 0.3) is 0 Å². The molecule has 1 rings (SSSR count). The molecule has 0 spiro atoms. The standard InChI is InChI=1S/C11H20N2OS/c1-8(5-4-6-14)12-10(3)11-13-9(2)7-15-11/h7-8,10,12,14H,4-6H2,1-3H3. The first kappa shape index (κ1) is 12.6. The molecule has 0 aromatic carbocycles. The Labute approximate surface area is 95.6 Å². The summed E-state index contributed by atoms with van der Waals surface area (Å²) in [4.78, 5) is 4.45. The van der Waals surface area contributed by atoms with Gasteiger partial charge in [0.1, 0.15) is 5.01 Å². The highest BCUT2D eigenvalue weighted by atomic mass is 32.1. The molecule has 3 nitrogen and oxygen atoms in total. The van der Waals surface area contributed by atoms with Crippen LogP contribution in [0.3, 0.4) is 0 Å². The van der Waals surface area contributed by atoms with Crippen LogP contribution in [0, 0.1) is 6.92 Å². The molecule has 2 atom stereocenters. The number of aliphatic hydroxyl groups is 1. The summed E-state index contributed by atoms with van der Waals surface area (Å²) < 4.78 is 0. The van der Waals surface area contributed by atoms with Gasteiger partial charge in [-0.25, -0.2) is 4.98 Å². The maximum absolute atomic E-state index is 8.73. The summed E-state index contributed by atoms with van der Waals surface area (Å²) in [6.07, 6.45) is 1.86. The molecular formula is C11H20N2OS. The van der Waals surface area contributed by atoms with Gasteiger partial charge in [0.25, 0.3) is 0 Å². The van der Waals surface area contributed by atoms with E-state index in [9.17, 15) is 0 Å². The Morgan fingerprint density at radius 2 is 2.27 bits per heavy atom. The van der Waals surface area contributed by atoms with Crippen molar-refractivity contribution in [2.45, 2.75) is 45.7 Å². The van der Waals surface area contributed by atoms with E-state index in [0.29, 0.717) is 12.1 Å². The van der Waals surface area contributed by atoms with Gasteiger partial charge in [0, 0.05) is 23.7 Å². The molecule has 2 unspecified atom stereocenters. The fourth-order valence-corrected chi connectivity index (χ4v) is 2.36. The van der Waals surface area contributed by atoms with Crippen molar-refractivity contribution in [1.82, 2.24) is 10.3 Å². The minimum absolute atomic E-state index is 0.275. The summed E-state index contributed by atoms with van der Waals surface area (Å²) in [5.74, 6) is 0. The van der Waals surface area contributed by atoms with Crippen molar-refractivity contribution in [3.8, 4) is 0 Å². The predicted octanol–water partition coefficient (Wildman–Crippen LogP) is 2.26. The summed E-state index contributed by atoms with van der Waals surface area (Å²) in [6, 6.07) is 0.730. The summed E-state index contributed by atoms with van der Waals surface area (Å²) in [7, 11) is 0. The minimum Gasteiger partial charge on any atom is -0.396 e. The van der Waals surface area contributed by atoms with Crippen molar-refractivity contribution in [3.05, 3.63) is 16.1 Å². The van der Waals surface area contributed by atoms with Gasteiger partial charge in [-0.1, -0.05) is 0 Å². The quantitative estimate of drug-likeness (QED) is 0.785. The average Bonchev–Trinajstić information content (AvgIpc) is 2.61. The van der Waals surface area contributed by atoms with Crippen molar-refractivity contribution in [2.75, 3.05) is 6.61 Å². The molecule has 1 aromatic heterocycles. The van der Waals surface area contributed by atoms with Crippen LogP contribution >= 0.6 is 11.3 Å². The summed E-state index contributed by atoms with van der Waals surface area (Å²) in [6.45, 7) is 6.57. The Morgan fingerprint density at radius 3 is 2.80 bits per heavy atom.